The van der Waals surface area contributed by atoms with Crippen LogP contribution in [0.1, 0.15) is 13.3 Å². The van der Waals surface area contributed by atoms with Crippen molar-refractivity contribution in [2.24, 2.45) is 0 Å². The van der Waals surface area contributed by atoms with Crippen LogP contribution in [0.5, 0.6) is 0 Å². The first-order valence-electron chi connectivity index (χ1n) is 7.02. The molecule has 0 radical (unpaired) electrons. The molecule has 2 aliphatic rings. The third-order valence-corrected chi connectivity index (χ3v) is 3.61. The predicted molar refractivity (Wildman–Crippen MR) is 82.2 cm³/mol. The average molecular weight is 287 g/mol. The Hall–Kier alpha value is -2.30. The molecule has 5 nitrogen and oxygen atoms in total. The van der Waals surface area contributed by atoms with E-state index in [1.165, 1.54) is 9.80 Å². The first-order chi connectivity index (χ1) is 9.95. The van der Waals surface area contributed by atoms with E-state index in [-0.39, 0.29) is 11.9 Å². The summed E-state index contributed by atoms with van der Waals surface area (Å²) in [6.45, 7) is 2.19. The van der Waals surface area contributed by atoms with Crippen LogP contribution < -0.4 is 0 Å². The first kappa shape index (κ1) is 15.1. The number of carbonyl (C=O) groups excluding carboxylic acids is 2. The van der Waals surface area contributed by atoms with Crippen LogP contribution in [0.4, 0.5) is 4.79 Å². The maximum atomic E-state index is 12.2. The molecule has 2 rings (SSSR count). The van der Waals surface area contributed by atoms with Crippen LogP contribution in [0, 0.1) is 0 Å². The minimum absolute atomic E-state index is 0.232. The Kier molecular flexibility index (Phi) is 4.31. The molecule has 3 amide bonds. The van der Waals surface area contributed by atoms with Crippen molar-refractivity contribution in [1.82, 2.24) is 14.7 Å². The molecule has 0 aromatic heterocycles. The van der Waals surface area contributed by atoms with Gasteiger partial charge < -0.3 is 4.90 Å². The van der Waals surface area contributed by atoms with Gasteiger partial charge in [-0.3, -0.25) is 14.6 Å². The van der Waals surface area contributed by atoms with E-state index >= 15 is 0 Å². The molecule has 5 heteroatoms. The van der Waals surface area contributed by atoms with E-state index in [4.69, 9.17) is 0 Å². The van der Waals surface area contributed by atoms with Crippen molar-refractivity contribution in [3.63, 3.8) is 0 Å². The van der Waals surface area contributed by atoms with E-state index in [0.717, 1.165) is 17.7 Å². The minimum Gasteiger partial charge on any atom is -0.378 e. The lowest BCUT2D eigenvalue weighted by Crippen LogP contribution is -2.31. The van der Waals surface area contributed by atoms with Gasteiger partial charge in [0, 0.05) is 33.4 Å². The van der Waals surface area contributed by atoms with E-state index < -0.39 is 0 Å². The molecule has 0 atom stereocenters. The van der Waals surface area contributed by atoms with Crippen LogP contribution in [-0.2, 0) is 4.79 Å². The summed E-state index contributed by atoms with van der Waals surface area (Å²) in [6, 6.07) is -0.265. The summed E-state index contributed by atoms with van der Waals surface area (Å²) in [5, 5.41) is 0. The Bertz CT molecular complexity index is 582. The van der Waals surface area contributed by atoms with E-state index in [2.05, 4.69) is 6.08 Å². The second-order valence-electron chi connectivity index (χ2n) is 5.22. The van der Waals surface area contributed by atoms with Crippen molar-refractivity contribution in [2.75, 3.05) is 27.7 Å². The molecule has 0 aromatic rings. The fraction of sp³-hybridized carbons (Fsp3) is 0.375. The Morgan fingerprint density at radius 3 is 2.52 bits per heavy atom. The van der Waals surface area contributed by atoms with Gasteiger partial charge in [0.1, 0.15) is 5.70 Å². The van der Waals surface area contributed by atoms with Crippen LogP contribution in [0.25, 0.3) is 0 Å². The molecule has 1 aliphatic carbocycles. The van der Waals surface area contributed by atoms with E-state index in [0.29, 0.717) is 12.2 Å². The number of imide groups is 1. The van der Waals surface area contributed by atoms with E-state index in [1.807, 2.05) is 37.2 Å². The standard InChI is InChI=1S/C16H21N3O2/c1-5-19-15(20)14(18(4)16(19)21)11-12-7-6-8-13(10-9-12)17(2)3/h7-11H,5-6H2,1-4H3/b14-11+. The summed E-state index contributed by atoms with van der Waals surface area (Å²) in [6.07, 6.45) is 10.7. The fourth-order valence-electron chi connectivity index (χ4n) is 2.32. The Balaban J connectivity index is 2.25. The number of allylic oxidation sites excluding steroid dienone is 6. The van der Waals surface area contributed by atoms with Crippen molar-refractivity contribution in [2.45, 2.75) is 13.3 Å². The lowest BCUT2D eigenvalue weighted by Gasteiger charge is -2.12. The molecule has 1 aliphatic heterocycles. The lowest BCUT2D eigenvalue weighted by molar-refractivity contribution is -0.122. The number of hydrogen-bond donors (Lipinski definition) is 0. The zero-order valence-electron chi connectivity index (χ0n) is 13.0. The normalized spacial score (nSPS) is 20.9. The predicted octanol–water partition coefficient (Wildman–Crippen LogP) is 2.12. The van der Waals surface area contributed by atoms with Gasteiger partial charge in [0.25, 0.3) is 5.91 Å². The Morgan fingerprint density at radius 1 is 1.24 bits per heavy atom. The van der Waals surface area contributed by atoms with Crippen molar-refractivity contribution >= 4 is 11.9 Å². The third-order valence-electron chi connectivity index (χ3n) is 3.61. The van der Waals surface area contributed by atoms with Crippen LogP contribution in [-0.4, -0.2) is 54.3 Å². The molecule has 0 bridgehead atoms. The molecule has 1 heterocycles. The highest BCUT2D eigenvalue weighted by atomic mass is 16.2. The van der Waals surface area contributed by atoms with Crippen LogP contribution in [0.3, 0.4) is 0 Å². The molecule has 0 aromatic carbocycles. The number of nitrogens with zero attached hydrogens (tertiary/aromatic N) is 3. The highest BCUT2D eigenvalue weighted by Gasteiger charge is 2.37. The van der Waals surface area contributed by atoms with Crippen LogP contribution in [0.15, 0.2) is 47.3 Å². The Morgan fingerprint density at radius 2 is 1.95 bits per heavy atom. The summed E-state index contributed by atoms with van der Waals surface area (Å²) < 4.78 is 0. The maximum Gasteiger partial charge on any atom is 0.331 e. The van der Waals surface area contributed by atoms with Crippen molar-refractivity contribution in [3.8, 4) is 0 Å². The quantitative estimate of drug-likeness (QED) is 0.590. The molecule has 0 saturated carbocycles. The van der Waals surface area contributed by atoms with Crippen LogP contribution >= 0.6 is 0 Å². The fourth-order valence-corrected chi connectivity index (χ4v) is 2.32. The number of hydrogen-bond acceptors (Lipinski definition) is 3. The zero-order valence-corrected chi connectivity index (χ0v) is 13.0. The maximum absolute atomic E-state index is 12.2. The molecule has 1 saturated heterocycles. The van der Waals surface area contributed by atoms with Gasteiger partial charge in [-0.05, 0) is 31.1 Å². The van der Waals surface area contributed by atoms with Gasteiger partial charge in [0.05, 0.1) is 0 Å². The smallest absolute Gasteiger partial charge is 0.331 e. The summed E-state index contributed by atoms with van der Waals surface area (Å²) in [5.41, 5.74) is 2.48. The third kappa shape index (κ3) is 2.91. The van der Waals surface area contributed by atoms with Gasteiger partial charge in [-0.2, -0.15) is 0 Å². The lowest BCUT2D eigenvalue weighted by atomic mass is 10.1. The Labute approximate surface area is 125 Å². The van der Waals surface area contributed by atoms with E-state index in [9.17, 15) is 9.59 Å². The number of urea groups is 1. The molecule has 1 fully saturated rings. The number of rotatable bonds is 3. The summed E-state index contributed by atoms with van der Waals surface area (Å²) in [4.78, 5) is 28.8. The highest BCUT2D eigenvalue weighted by molar-refractivity contribution is 6.11. The topological polar surface area (TPSA) is 43.9 Å². The monoisotopic (exact) mass is 287 g/mol. The SMILES string of the molecule is CCN1C(=O)/C(=C\C2=CCC=C(N(C)C)C=C2)N(C)C1=O. The second-order valence-corrected chi connectivity index (χ2v) is 5.22. The van der Waals surface area contributed by atoms with E-state index in [1.54, 1.807) is 20.0 Å². The van der Waals surface area contributed by atoms with Gasteiger partial charge in [-0.15, -0.1) is 0 Å². The number of carbonyl (C=O) groups is 2. The summed E-state index contributed by atoms with van der Waals surface area (Å²) in [7, 11) is 5.61. The number of likely N-dealkylation sites (N-methyl/N-ethyl adjacent to an activating group) is 3. The molecule has 0 spiro atoms. The van der Waals surface area contributed by atoms with Crippen molar-refractivity contribution in [3.05, 3.63) is 47.3 Å². The largest absolute Gasteiger partial charge is 0.378 e. The van der Waals surface area contributed by atoms with Crippen LogP contribution in [0.2, 0.25) is 0 Å². The van der Waals surface area contributed by atoms with Crippen molar-refractivity contribution < 1.29 is 9.59 Å². The average Bonchev–Trinajstić information content (AvgIpc) is 2.65. The molecular formula is C16H21N3O2. The highest BCUT2D eigenvalue weighted by Crippen LogP contribution is 2.22. The molecule has 21 heavy (non-hydrogen) atoms. The molecule has 0 unspecified atom stereocenters. The first-order valence-corrected chi connectivity index (χ1v) is 7.02. The molecule has 0 N–H and O–H groups in total. The van der Waals surface area contributed by atoms with Crippen molar-refractivity contribution in [1.29, 1.82) is 0 Å². The molecule has 112 valence electrons. The number of amides is 3. The van der Waals surface area contributed by atoms with Gasteiger partial charge in [0.15, 0.2) is 0 Å². The van der Waals surface area contributed by atoms with Gasteiger partial charge in [-0.1, -0.05) is 18.2 Å². The zero-order chi connectivity index (χ0) is 15.6. The minimum atomic E-state index is -0.265. The van der Waals surface area contributed by atoms with Gasteiger partial charge in [-0.25, -0.2) is 4.79 Å². The second kappa shape index (κ2) is 5.99. The van der Waals surface area contributed by atoms with Gasteiger partial charge >= 0.3 is 6.03 Å². The van der Waals surface area contributed by atoms with Gasteiger partial charge in [0.2, 0.25) is 0 Å². The summed E-state index contributed by atoms with van der Waals surface area (Å²) >= 11 is 0. The summed E-state index contributed by atoms with van der Waals surface area (Å²) in [5.74, 6) is -0.232. The molecular weight excluding hydrogens is 266 g/mol.